The van der Waals surface area contributed by atoms with E-state index in [1.807, 2.05) is 0 Å². The molecule has 5 heteroatoms. The molecule has 0 heterocycles. The molecule has 0 aromatic heterocycles. The molecule has 2 rings (SSSR count). The van der Waals surface area contributed by atoms with Gasteiger partial charge in [-0.1, -0.05) is 24.3 Å². The van der Waals surface area contributed by atoms with E-state index in [-0.39, 0.29) is 17.3 Å². The summed E-state index contributed by atoms with van der Waals surface area (Å²) in [6.45, 7) is -0.0784. The summed E-state index contributed by atoms with van der Waals surface area (Å²) in [5.74, 6) is -0.615. The molecule has 0 saturated heterocycles. The van der Waals surface area contributed by atoms with E-state index in [2.05, 4.69) is 0 Å². The Morgan fingerprint density at radius 2 is 1.42 bits per heavy atom. The van der Waals surface area contributed by atoms with Gasteiger partial charge in [0.2, 0.25) is 0 Å². The van der Waals surface area contributed by atoms with Crippen molar-refractivity contribution in [2.75, 3.05) is 0 Å². The van der Waals surface area contributed by atoms with Gasteiger partial charge in [-0.15, -0.1) is 0 Å². The number of halogens is 1. The van der Waals surface area contributed by atoms with Gasteiger partial charge in [0.25, 0.3) is 0 Å². The van der Waals surface area contributed by atoms with Crippen molar-refractivity contribution in [3.63, 3.8) is 0 Å². The molecule has 0 aliphatic heterocycles. The van der Waals surface area contributed by atoms with Crippen molar-refractivity contribution in [1.29, 1.82) is 0 Å². The van der Waals surface area contributed by atoms with Crippen molar-refractivity contribution in [2.45, 2.75) is 17.3 Å². The largest absolute Gasteiger partial charge is 0.392 e. The highest BCUT2D eigenvalue weighted by molar-refractivity contribution is 7.90. The van der Waals surface area contributed by atoms with Crippen LogP contribution < -0.4 is 0 Å². The van der Waals surface area contributed by atoms with Crippen molar-refractivity contribution in [3.05, 3.63) is 65.5 Å². The normalized spacial score (nSPS) is 11.5. The fraction of sp³-hybridized carbons (Fsp3) is 0.143. The van der Waals surface area contributed by atoms with Crippen LogP contribution in [0.2, 0.25) is 0 Å². The molecule has 0 amide bonds. The summed E-state index contributed by atoms with van der Waals surface area (Å²) in [6, 6.07) is 11.4. The first-order chi connectivity index (χ1) is 9.01. The first-order valence-corrected chi connectivity index (χ1v) is 7.33. The summed E-state index contributed by atoms with van der Waals surface area (Å²) in [5, 5.41) is 8.91. The molecule has 0 spiro atoms. The molecule has 0 aliphatic rings. The second-order valence-corrected chi connectivity index (χ2v) is 6.18. The molecule has 3 nitrogen and oxygen atoms in total. The van der Waals surface area contributed by atoms with Crippen LogP contribution in [0, 0.1) is 5.82 Å². The van der Waals surface area contributed by atoms with Crippen molar-refractivity contribution >= 4 is 9.84 Å². The van der Waals surface area contributed by atoms with Crippen molar-refractivity contribution in [3.8, 4) is 0 Å². The third-order valence-electron chi connectivity index (χ3n) is 2.73. The molecule has 0 saturated carbocycles. The van der Waals surface area contributed by atoms with Crippen molar-refractivity contribution in [1.82, 2.24) is 0 Å². The van der Waals surface area contributed by atoms with Gasteiger partial charge in [-0.2, -0.15) is 0 Å². The summed E-state index contributed by atoms with van der Waals surface area (Å²) in [5.41, 5.74) is 1.35. The molecule has 0 fully saturated rings. The first kappa shape index (κ1) is 13.7. The first-order valence-electron chi connectivity index (χ1n) is 5.68. The third kappa shape index (κ3) is 3.39. The quantitative estimate of drug-likeness (QED) is 0.874. The molecule has 2 aromatic carbocycles. The van der Waals surface area contributed by atoms with Gasteiger partial charge < -0.3 is 5.11 Å². The Kier molecular flexibility index (Phi) is 3.97. The van der Waals surface area contributed by atoms with Crippen LogP contribution in [0.15, 0.2) is 53.4 Å². The highest BCUT2D eigenvalue weighted by atomic mass is 32.2. The van der Waals surface area contributed by atoms with E-state index >= 15 is 0 Å². The van der Waals surface area contributed by atoms with Gasteiger partial charge in [0, 0.05) is 0 Å². The summed E-state index contributed by atoms with van der Waals surface area (Å²) < 4.78 is 37.0. The molecule has 0 radical (unpaired) electrons. The van der Waals surface area contributed by atoms with Crippen LogP contribution in [-0.2, 0) is 22.2 Å². The second-order valence-electron chi connectivity index (χ2n) is 4.19. The Labute approximate surface area is 111 Å². The minimum absolute atomic E-state index is 0.0784. The van der Waals surface area contributed by atoms with E-state index in [4.69, 9.17) is 5.11 Å². The van der Waals surface area contributed by atoms with Gasteiger partial charge in [0.05, 0.1) is 17.3 Å². The minimum atomic E-state index is -3.48. The van der Waals surface area contributed by atoms with E-state index in [0.717, 1.165) is 17.7 Å². The average Bonchev–Trinajstić information content (AvgIpc) is 2.40. The monoisotopic (exact) mass is 280 g/mol. The van der Waals surface area contributed by atoms with Crippen LogP contribution in [0.1, 0.15) is 11.1 Å². The topological polar surface area (TPSA) is 54.4 Å². The maximum Gasteiger partial charge on any atom is 0.182 e. The van der Waals surface area contributed by atoms with Crippen LogP contribution in [0.3, 0.4) is 0 Å². The number of rotatable bonds is 4. The van der Waals surface area contributed by atoms with Gasteiger partial charge in [-0.05, 0) is 35.4 Å². The number of aliphatic hydroxyl groups excluding tert-OH is 1. The number of benzene rings is 2. The van der Waals surface area contributed by atoms with Gasteiger partial charge in [-0.25, -0.2) is 12.8 Å². The molecule has 0 unspecified atom stereocenters. The molecule has 0 aliphatic carbocycles. The zero-order valence-corrected chi connectivity index (χ0v) is 10.9. The van der Waals surface area contributed by atoms with Gasteiger partial charge in [0.15, 0.2) is 9.84 Å². The highest BCUT2D eigenvalue weighted by Crippen LogP contribution is 2.17. The molecule has 2 aromatic rings. The molecule has 100 valence electrons. The minimum Gasteiger partial charge on any atom is -0.392 e. The van der Waals surface area contributed by atoms with Gasteiger partial charge >= 0.3 is 0 Å². The highest BCUT2D eigenvalue weighted by Gasteiger charge is 2.15. The maximum absolute atomic E-state index is 12.8. The third-order valence-corrected chi connectivity index (χ3v) is 4.44. The smallest absolute Gasteiger partial charge is 0.182 e. The lowest BCUT2D eigenvalue weighted by molar-refractivity contribution is 0.282. The number of sulfone groups is 1. The average molecular weight is 280 g/mol. The van der Waals surface area contributed by atoms with Gasteiger partial charge in [-0.3, -0.25) is 0 Å². The van der Waals surface area contributed by atoms with E-state index in [1.165, 1.54) is 12.1 Å². The molecular weight excluding hydrogens is 267 g/mol. The van der Waals surface area contributed by atoms with Crippen molar-refractivity contribution in [2.24, 2.45) is 0 Å². The van der Waals surface area contributed by atoms with Crippen molar-refractivity contribution < 1.29 is 17.9 Å². The predicted molar refractivity (Wildman–Crippen MR) is 69.7 cm³/mol. The Morgan fingerprint density at radius 3 is 1.95 bits per heavy atom. The fourth-order valence-corrected chi connectivity index (χ4v) is 3.03. The number of hydrogen-bond donors (Lipinski definition) is 1. The summed E-state index contributed by atoms with van der Waals surface area (Å²) >= 11 is 0. The fourth-order valence-electron chi connectivity index (χ4n) is 1.69. The molecule has 1 N–H and O–H groups in total. The summed E-state index contributed by atoms with van der Waals surface area (Å²) in [4.78, 5) is 0.0973. The number of hydrogen-bond acceptors (Lipinski definition) is 3. The lowest BCUT2D eigenvalue weighted by atomic mass is 10.2. The van der Waals surface area contributed by atoms with E-state index in [9.17, 15) is 12.8 Å². The van der Waals surface area contributed by atoms with E-state index in [0.29, 0.717) is 5.56 Å². The SMILES string of the molecule is O=S(=O)(Cc1ccc(CO)cc1)c1ccc(F)cc1. The molecule has 0 bridgehead atoms. The Hall–Kier alpha value is -1.72. The zero-order chi connectivity index (χ0) is 13.9. The van der Waals surface area contributed by atoms with Crippen LogP contribution in [0.4, 0.5) is 4.39 Å². The van der Waals surface area contributed by atoms with E-state index in [1.54, 1.807) is 24.3 Å². The summed E-state index contributed by atoms with van der Waals surface area (Å²) in [6.07, 6.45) is 0. The lowest BCUT2D eigenvalue weighted by Gasteiger charge is -2.05. The molecule has 19 heavy (non-hydrogen) atoms. The molecule has 0 atom stereocenters. The number of aliphatic hydroxyl groups is 1. The lowest BCUT2D eigenvalue weighted by Crippen LogP contribution is -2.05. The van der Waals surface area contributed by atoms with Crippen LogP contribution in [-0.4, -0.2) is 13.5 Å². The standard InChI is InChI=1S/C14H13FO3S/c15-13-5-7-14(8-6-13)19(17,18)10-12-3-1-11(9-16)2-4-12/h1-8,16H,9-10H2. The predicted octanol–water partition coefficient (Wildman–Crippen LogP) is 2.29. The Morgan fingerprint density at radius 1 is 0.895 bits per heavy atom. The van der Waals surface area contributed by atoms with Crippen LogP contribution >= 0.6 is 0 Å². The Bertz CT molecular complexity index is 646. The zero-order valence-electron chi connectivity index (χ0n) is 10.1. The molecular formula is C14H13FO3S. The van der Waals surface area contributed by atoms with E-state index < -0.39 is 15.7 Å². The summed E-state index contributed by atoms with van der Waals surface area (Å²) in [7, 11) is -3.48. The van der Waals surface area contributed by atoms with Gasteiger partial charge in [0.1, 0.15) is 5.82 Å². The van der Waals surface area contributed by atoms with Crippen LogP contribution in [0.25, 0.3) is 0 Å². The second kappa shape index (κ2) is 5.50. The maximum atomic E-state index is 12.8. The Balaban J connectivity index is 2.23. The van der Waals surface area contributed by atoms with Crippen LogP contribution in [0.5, 0.6) is 0 Å².